The first-order valence-corrected chi connectivity index (χ1v) is 4.18. The fraction of sp³-hybridized carbons (Fsp3) is 0.750. The lowest BCUT2D eigenvalue weighted by Crippen LogP contribution is -2.48. The average molecular weight is 187 g/mol. The van der Waals surface area contributed by atoms with E-state index in [-0.39, 0.29) is 19.2 Å². The Labute approximate surface area is 76.3 Å². The Balaban J connectivity index is 2.63. The maximum Gasteiger partial charge on any atom is 0.410 e. The molecule has 1 rings (SSSR count). The van der Waals surface area contributed by atoms with Gasteiger partial charge in [-0.05, 0) is 13.8 Å². The summed E-state index contributed by atoms with van der Waals surface area (Å²) >= 11 is 0. The number of cyclic esters (lactones) is 1. The molecule has 1 saturated heterocycles. The molecule has 1 aliphatic heterocycles. The van der Waals surface area contributed by atoms with Gasteiger partial charge in [0.1, 0.15) is 12.5 Å². The third-order valence-corrected chi connectivity index (χ3v) is 2.03. The van der Waals surface area contributed by atoms with Gasteiger partial charge in [0.2, 0.25) is 0 Å². The number of hydrogen-bond donors (Lipinski definition) is 1. The minimum Gasteiger partial charge on any atom is -0.481 e. The number of carboxylic acids is 1. The fourth-order valence-electron chi connectivity index (χ4n) is 1.19. The highest BCUT2D eigenvalue weighted by Crippen LogP contribution is 2.14. The Morgan fingerprint density at radius 1 is 1.69 bits per heavy atom. The molecular formula is C8H13NO4. The van der Waals surface area contributed by atoms with E-state index in [2.05, 4.69) is 0 Å². The third-order valence-electron chi connectivity index (χ3n) is 2.03. The number of aliphatic carboxylic acids is 1. The number of carbonyl (C=O) groups excluding carboxylic acids is 1. The van der Waals surface area contributed by atoms with E-state index in [1.54, 1.807) is 0 Å². The summed E-state index contributed by atoms with van der Waals surface area (Å²) in [5.41, 5.74) is 0. The molecule has 5 heteroatoms. The normalized spacial score (nSPS) is 23.2. The predicted octanol–water partition coefficient (Wildman–Crippen LogP) is 0.548. The molecule has 1 N–H and O–H groups in total. The van der Waals surface area contributed by atoms with Crippen molar-refractivity contribution in [3.63, 3.8) is 0 Å². The van der Waals surface area contributed by atoms with E-state index in [0.717, 1.165) is 0 Å². The lowest BCUT2D eigenvalue weighted by atomic mass is 10.1. The largest absolute Gasteiger partial charge is 0.481 e. The van der Waals surface area contributed by atoms with Crippen LogP contribution in [0.25, 0.3) is 0 Å². The van der Waals surface area contributed by atoms with Crippen LogP contribution < -0.4 is 0 Å². The Morgan fingerprint density at radius 2 is 2.31 bits per heavy atom. The monoisotopic (exact) mass is 187 g/mol. The maximum atomic E-state index is 11.1. The van der Waals surface area contributed by atoms with E-state index in [1.807, 2.05) is 13.8 Å². The number of ether oxygens (including phenoxy) is 1. The molecule has 1 heterocycles. The molecule has 1 aliphatic rings. The van der Waals surface area contributed by atoms with Crippen molar-refractivity contribution < 1.29 is 19.4 Å². The van der Waals surface area contributed by atoms with Crippen LogP contribution in [0.4, 0.5) is 4.79 Å². The number of amides is 1. The van der Waals surface area contributed by atoms with Crippen LogP contribution in [0.15, 0.2) is 0 Å². The Morgan fingerprint density at radius 3 is 2.77 bits per heavy atom. The van der Waals surface area contributed by atoms with Crippen LogP contribution in [0.3, 0.4) is 0 Å². The molecule has 0 aromatic carbocycles. The fourth-order valence-corrected chi connectivity index (χ4v) is 1.19. The van der Waals surface area contributed by atoms with Gasteiger partial charge in [-0.3, -0.25) is 4.79 Å². The van der Waals surface area contributed by atoms with Gasteiger partial charge in [-0.1, -0.05) is 0 Å². The van der Waals surface area contributed by atoms with Gasteiger partial charge in [0, 0.05) is 12.6 Å². The van der Waals surface area contributed by atoms with Crippen molar-refractivity contribution in [3.05, 3.63) is 0 Å². The predicted molar refractivity (Wildman–Crippen MR) is 44.3 cm³/mol. The molecule has 74 valence electrons. The van der Waals surface area contributed by atoms with Gasteiger partial charge in [0.05, 0.1) is 0 Å². The summed E-state index contributed by atoms with van der Waals surface area (Å²) in [5, 5.41) is 8.71. The van der Waals surface area contributed by atoms with E-state index < -0.39 is 18.0 Å². The summed E-state index contributed by atoms with van der Waals surface area (Å²) in [7, 11) is 0. The molecule has 0 aliphatic carbocycles. The van der Waals surface area contributed by atoms with Crippen LogP contribution in [0.1, 0.15) is 13.8 Å². The number of nitrogens with zero attached hydrogens (tertiary/aromatic N) is 1. The minimum atomic E-state index is -0.918. The summed E-state index contributed by atoms with van der Waals surface area (Å²) in [6, 6.07) is -0.0188. The van der Waals surface area contributed by atoms with E-state index in [0.29, 0.717) is 0 Å². The molecule has 5 nitrogen and oxygen atoms in total. The molecule has 0 bridgehead atoms. The first-order valence-electron chi connectivity index (χ1n) is 4.18. The second-order valence-corrected chi connectivity index (χ2v) is 3.36. The third kappa shape index (κ3) is 2.11. The van der Waals surface area contributed by atoms with Gasteiger partial charge < -0.3 is 14.7 Å². The van der Waals surface area contributed by atoms with E-state index in [1.165, 1.54) is 4.90 Å². The highest BCUT2D eigenvalue weighted by atomic mass is 16.6. The van der Waals surface area contributed by atoms with Crippen LogP contribution >= 0.6 is 0 Å². The van der Waals surface area contributed by atoms with E-state index >= 15 is 0 Å². The SMILES string of the molecule is CC(C)N1CC(C(=O)O)COC1=O. The Kier molecular flexibility index (Phi) is 2.75. The second-order valence-electron chi connectivity index (χ2n) is 3.36. The summed E-state index contributed by atoms with van der Waals surface area (Å²) in [5.74, 6) is -1.52. The van der Waals surface area contributed by atoms with Crippen molar-refractivity contribution in [2.45, 2.75) is 19.9 Å². The topological polar surface area (TPSA) is 66.8 Å². The number of rotatable bonds is 2. The highest BCUT2D eigenvalue weighted by Gasteiger charge is 2.32. The zero-order chi connectivity index (χ0) is 10.0. The average Bonchev–Trinajstić information content (AvgIpc) is 2.04. The van der Waals surface area contributed by atoms with Crippen molar-refractivity contribution in [2.75, 3.05) is 13.2 Å². The first-order chi connectivity index (χ1) is 6.02. The summed E-state index contributed by atoms with van der Waals surface area (Å²) < 4.78 is 4.73. The van der Waals surface area contributed by atoms with Gasteiger partial charge in [-0.15, -0.1) is 0 Å². The molecule has 1 amide bonds. The lowest BCUT2D eigenvalue weighted by molar-refractivity contribution is -0.145. The Bertz CT molecular complexity index is 226. The van der Waals surface area contributed by atoms with E-state index in [9.17, 15) is 9.59 Å². The van der Waals surface area contributed by atoms with Crippen LogP contribution in [0.5, 0.6) is 0 Å². The van der Waals surface area contributed by atoms with Crippen LogP contribution in [-0.2, 0) is 9.53 Å². The van der Waals surface area contributed by atoms with Gasteiger partial charge >= 0.3 is 12.1 Å². The number of hydrogen-bond acceptors (Lipinski definition) is 3. The zero-order valence-corrected chi connectivity index (χ0v) is 7.69. The van der Waals surface area contributed by atoms with E-state index in [4.69, 9.17) is 9.84 Å². The quantitative estimate of drug-likeness (QED) is 0.685. The van der Waals surface area contributed by atoms with Gasteiger partial charge in [0.25, 0.3) is 0 Å². The van der Waals surface area contributed by atoms with Crippen molar-refractivity contribution >= 4 is 12.1 Å². The molecule has 0 radical (unpaired) electrons. The smallest absolute Gasteiger partial charge is 0.410 e. The number of carboxylic acid groups (broad SMARTS) is 1. The van der Waals surface area contributed by atoms with Crippen molar-refractivity contribution in [2.24, 2.45) is 5.92 Å². The molecule has 1 fully saturated rings. The van der Waals surface area contributed by atoms with Gasteiger partial charge in [0.15, 0.2) is 0 Å². The molecule has 13 heavy (non-hydrogen) atoms. The standard InChI is InChI=1S/C8H13NO4/c1-5(2)9-3-6(7(10)11)4-13-8(9)12/h5-6H,3-4H2,1-2H3,(H,10,11). The minimum absolute atomic E-state index is 0.0165. The second kappa shape index (κ2) is 3.64. The van der Waals surface area contributed by atoms with Crippen LogP contribution in [0.2, 0.25) is 0 Å². The zero-order valence-electron chi connectivity index (χ0n) is 7.69. The Hall–Kier alpha value is -1.26. The molecule has 1 unspecified atom stereocenters. The van der Waals surface area contributed by atoms with Gasteiger partial charge in [-0.25, -0.2) is 4.79 Å². The maximum absolute atomic E-state index is 11.1. The molecule has 0 aromatic rings. The van der Waals surface area contributed by atoms with Crippen molar-refractivity contribution in [3.8, 4) is 0 Å². The van der Waals surface area contributed by atoms with Crippen LogP contribution in [0, 0.1) is 5.92 Å². The van der Waals surface area contributed by atoms with Gasteiger partial charge in [-0.2, -0.15) is 0 Å². The molecule has 1 atom stereocenters. The first kappa shape index (κ1) is 9.83. The number of carbonyl (C=O) groups is 2. The van der Waals surface area contributed by atoms with Crippen molar-refractivity contribution in [1.29, 1.82) is 0 Å². The summed E-state index contributed by atoms with van der Waals surface area (Å²) in [6.45, 7) is 3.88. The summed E-state index contributed by atoms with van der Waals surface area (Å²) in [4.78, 5) is 23.1. The highest BCUT2D eigenvalue weighted by molar-refractivity contribution is 5.75. The lowest BCUT2D eigenvalue weighted by Gasteiger charge is -2.32. The molecule has 0 saturated carbocycles. The van der Waals surface area contributed by atoms with Crippen LogP contribution in [-0.4, -0.2) is 41.3 Å². The molecular weight excluding hydrogens is 174 g/mol. The van der Waals surface area contributed by atoms with Crippen molar-refractivity contribution in [1.82, 2.24) is 4.90 Å². The molecule has 0 aromatic heterocycles. The molecule has 0 spiro atoms. The summed E-state index contributed by atoms with van der Waals surface area (Å²) in [6.07, 6.45) is -0.424.